The van der Waals surface area contributed by atoms with Crippen LogP contribution in [0.5, 0.6) is 0 Å². The molecule has 17 heavy (non-hydrogen) atoms. The lowest BCUT2D eigenvalue weighted by Crippen LogP contribution is -2.51. The second kappa shape index (κ2) is 6.07. The third kappa shape index (κ3) is 3.01. The molecule has 96 valence electrons. The lowest BCUT2D eigenvalue weighted by atomic mass is 9.84. The largest absolute Gasteiger partial charge is 0.309 e. The monoisotopic (exact) mass is 236 g/mol. The Kier molecular flexibility index (Phi) is 5.02. The van der Waals surface area contributed by atoms with E-state index < -0.39 is 0 Å². The molecule has 0 aliphatic heterocycles. The molecule has 0 aliphatic rings. The molecule has 1 aromatic heterocycles. The van der Waals surface area contributed by atoms with Crippen molar-refractivity contribution in [2.75, 3.05) is 20.6 Å². The minimum absolute atomic E-state index is 0.0563. The lowest BCUT2D eigenvalue weighted by molar-refractivity contribution is 0.113. The summed E-state index contributed by atoms with van der Waals surface area (Å²) in [6.45, 7) is 7.55. The first-order valence-electron chi connectivity index (χ1n) is 6.22. The minimum atomic E-state index is 0.0563. The van der Waals surface area contributed by atoms with Gasteiger partial charge in [0.2, 0.25) is 0 Å². The van der Waals surface area contributed by atoms with E-state index in [1.54, 1.807) is 6.33 Å². The molecule has 1 rings (SSSR count). The third-order valence-electron chi connectivity index (χ3n) is 3.68. The standard InChI is InChI=1S/C13H24N4/c1-6-13(3,17(4)5)12(16-7-2)11-8-14-10-15-9-11/h8-10,12,16H,6-7H2,1-5H3. The van der Waals surface area contributed by atoms with Crippen LogP contribution in [0.1, 0.15) is 38.8 Å². The fraction of sp³-hybridized carbons (Fsp3) is 0.692. The number of hydrogen-bond acceptors (Lipinski definition) is 4. The van der Waals surface area contributed by atoms with Gasteiger partial charge in [0.25, 0.3) is 0 Å². The molecule has 1 aromatic rings. The molecule has 0 radical (unpaired) electrons. The van der Waals surface area contributed by atoms with Crippen LogP contribution in [-0.4, -0.2) is 41.0 Å². The van der Waals surface area contributed by atoms with E-state index in [9.17, 15) is 0 Å². The van der Waals surface area contributed by atoms with Gasteiger partial charge in [-0.05, 0) is 34.0 Å². The highest BCUT2D eigenvalue weighted by Gasteiger charge is 2.35. The Morgan fingerprint density at radius 3 is 2.29 bits per heavy atom. The molecule has 0 saturated heterocycles. The maximum absolute atomic E-state index is 4.13. The summed E-state index contributed by atoms with van der Waals surface area (Å²) in [5.74, 6) is 0. The van der Waals surface area contributed by atoms with E-state index in [0.717, 1.165) is 18.5 Å². The smallest absolute Gasteiger partial charge is 0.115 e. The van der Waals surface area contributed by atoms with Gasteiger partial charge >= 0.3 is 0 Å². The van der Waals surface area contributed by atoms with Crippen molar-refractivity contribution < 1.29 is 0 Å². The van der Waals surface area contributed by atoms with Crippen LogP contribution in [0.4, 0.5) is 0 Å². The Balaban J connectivity index is 3.08. The summed E-state index contributed by atoms with van der Waals surface area (Å²) in [5, 5.41) is 3.55. The van der Waals surface area contributed by atoms with Crippen LogP contribution in [0.2, 0.25) is 0 Å². The van der Waals surface area contributed by atoms with Gasteiger partial charge in [0.05, 0.1) is 6.04 Å². The van der Waals surface area contributed by atoms with Crippen LogP contribution in [0.3, 0.4) is 0 Å². The van der Waals surface area contributed by atoms with Crippen LogP contribution in [0.25, 0.3) is 0 Å². The third-order valence-corrected chi connectivity index (χ3v) is 3.68. The first kappa shape index (κ1) is 14.1. The van der Waals surface area contributed by atoms with E-state index in [0.29, 0.717) is 0 Å². The van der Waals surface area contributed by atoms with Crippen LogP contribution < -0.4 is 5.32 Å². The molecule has 2 atom stereocenters. The second-order valence-electron chi connectivity index (χ2n) is 4.77. The first-order valence-corrected chi connectivity index (χ1v) is 6.22. The van der Waals surface area contributed by atoms with Gasteiger partial charge in [-0.15, -0.1) is 0 Å². The number of nitrogens with zero attached hydrogens (tertiary/aromatic N) is 3. The van der Waals surface area contributed by atoms with E-state index in [-0.39, 0.29) is 11.6 Å². The number of hydrogen-bond donors (Lipinski definition) is 1. The van der Waals surface area contributed by atoms with Gasteiger partial charge in [0, 0.05) is 23.5 Å². The lowest BCUT2D eigenvalue weighted by Gasteiger charge is -2.43. The van der Waals surface area contributed by atoms with Gasteiger partial charge in [0.1, 0.15) is 6.33 Å². The Bertz CT molecular complexity index is 325. The molecule has 1 N–H and O–H groups in total. The zero-order valence-corrected chi connectivity index (χ0v) is 11.6. The molecule has 0 aromatic carbocycles. The van der Waals surface area contributed by atoms with Crippen LogP contribution in [0, 0.1) is 0 Å². The minimum Gasteiger partial charge on any atom is -0.309 e. The zero-order chi connectivity index (χ0) is 12.9. The van der Waals surface area contributed by atoms with Crippen LogP contribution in [-0.2, 0) is 0 Å². The van der Waals surface area contributed by atoms with Gasteiger partial charge in [-0.1, -0.05) is 13.8 Å². The first-order chi connectivity index (χ1) is 8.06. The van der Waals surface area contributed by atoms with Crippen molar-refractivity contribution in [2.24, 2.45) is 0 Å². The molecular weight excluding hydrogens is 212 g/mol. The van der Waals surface area contributed by atoms with E-state index in [2.05, 4.69) is 55.1 Å². The van der Waals surface area contributed by atoms with Crippen LogP contribution in [0.15, 0.2) is 18.7 Å². The van der Waals surface area contributed by atoms with Crippen LogP contribution >= 0.6 is 0 Å². The maximum Gasteiger partial charge on any atom is 0.115 e. The molecule has 0 amide bonds. The number of rotatable bonds is 6. The highest BCUT2D eigenvalue weighted by atomic mass is 15.2. The SMILES string of the molecule is CCNC(c1cncnc1)C(C)(CC)N(C)C. The molecule has 4 nitrogen and oxygen atoms in total. The van der Waals surface area contributed by atoms with Gasteiger partial charge in [-0.3, -0.25) is 0 Å². The molecule has 0 aliphatic carbocycles. The molecule has 1 heterocycles. The summed E-state index contributed by atoms with van der Waals surface area (Å²) in [6.07, 6.45) is 6.44. The summed E-state index contributed by atoms with van der Waals surface area (Å²) in [7, 11) is 4.25. The summed E-state index contributed by atoms with van der Waals surface area (Å²) in [4.78, 5) is 10.5. The number of nitrogens with one attached hydrogen (secondary N) is 1. The maximum atomic E-state index is 4.13. The fourth-order valence-corrected chi connectivity index (χ4v) is 2.14. The molecule has 0 bridgehead atoms. The number of likely N-dealkylation sites (N-methyl/N-ethyl adjacent to an activating group) is 2. The quantitative estimate of drug-likeness (QED) is 0.818. The molecule has 0 spiro atoms. The highest BCUT2D eigenvalue weighted by Crippen LogP contribution is 2.31. The van der Waals surface area contributed by atoms with Crippen molar-refractivity contribution in [1.82, 2.24) is 20.2 Å². The predicted molar refractivity (Wildman–Crippen MR) is 70.8 cm³/mol. The summed E-state index contributed by atoms with van der Waals surface area (Å²) >= 11 is 0. The van der Waals surface area contributed by atoms with Gasteiger partial charge in [0.15, 0.2) is 0 Å². The van der Waals surface area contributed by atoms with Gasteiger partial charge in [-0.25, -0.2) is 9.97 Å². The zero-order valence-electron chi connectivity index (χ0n) is 11.6. The summed E-state index contributed by atoms with van der Waals surface area (Å²) in [6, 6.07) is 0.244. The van der Waals surface area contributed by atoms with Gasteiger partial charge < -0.3 is 10.2 Å². The molecular formula is C13H24N4. The van der Waals surface area contributed by atoms with Crippen molar-refractivity contribution in [3.63, 3.8) is 0 Å². The Hall–Kier alpha value is -1.00. The molecule has 0 saturated carbocycles. The molecule has 0 fully saturated rings. The Labute approximate surface area is 104 Å². The summed E-state index contributed by atoms with van der Waals surface area (Å²) in [5.41, 5.74) is 1.20. The number of aromatic nitrogens is 2. The van der Waals surface area contributed by atoms with Crippen molar-refractivity contribution in [1.29, 1.82) is 0 Å². The Morgan fingerprint density at radius 2 is 1.88 bits per heavy atom. The van der Waals surface area contributed by atoms with Gasteiger partial charge in [-0.2, -0.15) is 0 Å². The van der Waals surface area contributed by atoms with Crippen molar-refractivity contribution in [3.8, 4) is 0 Å². The average Bonchev–Trinajstić information content (AvgIpc) is 2.36. The van der Waals surface area contributed by atoms with Crippen molar-refractivity contribution in [3.05, 3.63) is 24.3 Å². The highest BCUT2D eigenvalue weighted by molar-refractivity contribution is 5.16. The molecule has 4 heteroatoms. The summed E-state index contributed by atoms with van der Waals surface area (Å²) < 4.78 is 0. The fourth-order valence-electron chi connectivity index (χ4n) is 2.14. The average molecular weight is 236 g/mol. The van der Waals surface area contributed by atoms with Crippen molar-refractivity contribution in [2.45, 2.75) is 38.8 Å². The van der Waals surface area contributed by atoms with E-state index >= 15 is 0 Å². The van der Waals surface area contributed by atoms with E-state index in [4.69, 9.17) is 0 Å². The van der Waals surface area contributed by atoms with Crippen molar-refractivity contribution >= 4 is 0 Å². The molecule has 2 unspecified atom stereocenters. The second-order valence-corrected chi connectivity index (χ2v) is 4.77. The van der Waals surface area contributed by atoms with E-state index in [1.807, 2.05) is 12.4 Å². The predicted octanol–water partition coefficient (Wildman–Crippen LogP) is 1.86. The normalized spacial score (nSPS) is 16.8. The van der Waals surface area contributed by atoms with E-state index in [1.165, 1.54) is 0 Å². The topological polar surface area (TPSA) is 41.1 Å². The Morgan fingerprint density at radius 1 is 1.29 bits per heavy atom.